The standard InChI is InChI=1S/C6H14N4O/c1-6(2,3)10-8-7-4-9(10)5-11/h4,8,11H,5H2,1-3H3. The zero-order chi connectivity index (χ0) is 8.48. The Hall–Kier alpha value is -0.810. The van der Waals surface area contributed by atoms with Crippen LogP contribution in [0.2, 0.25) is 0 Å². The summed E-state index contributed by atoms with van der Waals surface area (Å²) in [6.45, 7) is 6.01. The smallest absolute Gasteiger partial charge is 0.133 e. The molecule has 5 nitrogen and oxygen atoms in total. The Kier molecular flexibility index (Phi) is 2.01. The topological polar surface area (TPSA) is 51.1 Å². The molecule has 1 rings (SSSR count). The summed E-state index contributed by atoms with van der Waals surface area (Å²) in [6, 6.07) is 0. The lowest BCUT2D eigenvalue weighted by Crippen LogP contribution is -2.54. The van der Waals surface area contributed by atoms with Gasteiger partial charge in [-0.05, 0) is 20.8 Å². The first-order valence-corrected chi connectivity index (χ1v) is 3.52. The van der Waals surface area contributed by atoms with Gasteiger partial charge < -0.3 is 5.11 Å². The minimum Gasteiger partial charge on any atom is -0.375 e. The van der Waals surface area contributed by atoms with Gasteiger partial charge in [0.15, 0.2) is 0 Å². The molecule has 0 aliphatic carbocycles. The Morgan fingerprint density at radius 2 is 2.18 bits per heavy atom. The van der Waals surface area contributed by atoms with Crippen molar-refractivity contribution in [1.82, 2.24) is 15.7 Å². The summed E-state index contributed by atoms with van der Waals surface area (Å²) in [7, 11) is 0. The van der Waals surface area contributed by atoms with Gasteiger partial charge in [0.1, 0.15) is 13.1 Å². The van der Waals surface area contributed by atoms with Gasteiger partial charge in [0.05, 0.1) is 5.54 Å². The second-order valence-corrected chi connectivity index (χ2v) is 3.41. The Morgan fingerprint density at radius 3 is 2.55 bits per heavy atom. The van der Waals surface area contributed by atoms with E-state index in [1.807, 2.05) is 20.8 Å². The first kappa shape index (κ1) is 8.29. The quantitative estimate of drug-likeness (QED) is 0.551. The van der Waals surface area contributed by atoms with Crippen LogP contribution in [0.1, 0.15) is 20.8 Å². The largest absolute Gasteiger partial charge is 0.375 e. The van der Waals surface area contributed by atoms with Gasteiger partial charge in [0.2, 0.25) is 0 Å². The van der Waals surface area contributed by atoms with E-state index in [4.69, 9.17) is 5.11 Å². The molecule has 0 aromatic carbocycles. The van der Waals surface area contributed by atoms with Crippen molar-refractivity contribution in [2.75, 3.05) is 6.73 Å². The molecule has 1 aliphatic rings. The van der Waals surface area contributed by atoms with Gasteiger partial charge in [-0.2, -0.15) is 5.10 Å². The highest BCUT2D eigenvalue weighted by Gasteiger charge is 2.28. The van der Waals surface area contributed by atoms with E-state index < -0.39 is 0 Å². The molecule has 0 spiro atoms. The van der Waals surface area contributed by atoms with Gasteiger partial charge in [-0.25, -0.2) is 10.5 Å². The molecule has 0 amide bonds. The van der Waals surface area contributed by atoms with Crippen molar-refractivity contribution < 1.29 is 5.11 Å². The fourth-order valence-corrected chi connectivity index (χ4v) is 0.891. The van der Waals surface area contributed by atoms with Crippen LogP contribution >= 0.6 is 0 Å². The second-order valence-electron chi connectivity index (χ2n) is 3.41. The van der Waals surface area contributed by atoms with Gasteiger partial charge in [-0.1, -0.05) is 0 Å². The third-order valence-corrected chi connectivity index (χ3v) is 1.38. The Morgan fingerprint density at radius 1 is 1.55 bits per heavy atom. The molecule has 0 radical (unpaired) electrons. The molecule has 2 N–H and O–H groups in total. The zero-order valence-corrected chi connectivity index (χ0v) is 7.07. The number of aliphatic hydroxyl groups is 1. The van der Waals surface area contributed by atoms with E-state index in [1.165, 1.54) is 0 Å². The van der Waals surface area contributed by atoms with Crippen LogP contribution in [0, 0.1) is 0 Å². The first-order chi connectivity index (χ1) is 5.05. The summed E-state index contributed by atoms with van der Waals surface area (Å²) in [5.74, 6) is 0. The molecule has 11 heavy (non-hydrogen) atoms. The number of hydrazone groups is 1. The van der Waals surface area contributed by atoms with E-state index in [9.17, 15) is 0 Å². The van der Waals surface area contributed by atoms with Crippen LogP contribution < -0.4 is 5.53 Å². The number of hydrazine groups is 2. The van der Waals surface area contributed by atoms with Gasteiger partial charge >= 0.3 is 0 Å². The molecule has 0 fully saturated rings. The van der Waals surface area contributed by atoms with E-state index in [1.54, 1.807) is 16.5 Å². The Bertz CT molecular complexity index is 162. The number of nitrogens with one attached hydrogen (secondary N) is 1. The molecule has 1 aliphatic heterocycles. The molecular formula is C6H14N4O. The van der Waals surface area contributed by atoms with Crippen LogP contribution in [0.5, 0.6) is 0 Å². The maximum absolute atomic E-state index is 8.85. The lowest BCUT2D eigenvalue weighted by molar-refractivity contribution is -0.0982. The number of hydrogen-bond acceptors (Lipinski definition) is 5. The monoisotopic (exact) mass is 158 g/mol. The minimum absolute atomic E-state index is 0.0617. The fourth-order valence-electron chi connectivity index (χ4n) is 0.891. The van der Waals surface area contributed by atoms with E-state index in [0.29, 0.717) is 0 Å². The van der Waals surface area contributed by atoms with E-state index in [-0.39, 0.29) is 12.3 Å². The third kappa shape index (κ3) is 1.61. The van der Waals surface area contributed by atoms with Crippen molar-refractivity contribution in [3.05, 3.63) is 0 Å². The zero-order valence-electron chi connectivity index (χ0n) is 7.07. The SMILES string of the molecule is CC(C)(C)N1NN=CN1CO. The van der Waals surface area contributed by atoms with Crippen molar-refractivity contribution in [1.29, 1.82) is 0 Å². The third-order valence-electron chi connectivity index (χ3n) is 1.38. The predicted octanol–water partition coefficient (Wildman–Crippen LogP) is -0.285. The molecule has 0 saturated carbocycles. The minimum atomic E-state index is -0.0841. The maximum Gasteiger partial charge on any atom is 0.133 e. The summed E-state index contributed by atoms with van der Waals surface area (Å²) in [4.78, 5) is 0. The molecule has 0 aromatic rings. The molecule has 5 heteroatoms. The summed E-state index contributed by atoms with van der Waals surface area (Å²) in [5.41, 5.74) is 2.68. The van der Waals surface area contributed by atoms with E-state index in [2.05, 4.69) is 10.6 Å². The van der Waals surface area contributed by atoms with Gasteiger partial charge in [0, 0.05) is 0 Å². The summed E-state index contributed by atoms with van der Waals surface area (Å²) >= 11 is 0. The lowest BCUT2D eigenvalue weighted by atomic mass is 10.1. The summed E-state index contributed by atoms with van der Waals surface area (Å²) in [6.07, 6.45) is 1.55. The Labute approximate surface area is 66.2 Å². The molecule has 0 saturated heterocycles. The highest BCUT2D eigenvalue weighted by atomic mass is 16.3. The van der Waals surface area contributed by atoms with E-state index in [0.717, 1.165) is 0 Å². The molecule has 64 valence electrons. The predicted molar refractivity (Wildman–Crippen MR) is 42.1 cm³/mol. The summed E-state index contributed by atoms with van der Waals surface area (Å²) in [5, 5.41) is 16.0. The highest BCUT2D eigenvalue weighted by molar-refractivity contribution is 5.54. The molecule has 0 aromatic heterocycles. The van der Waals surface area contributed by atoms with Crippen LogP contribution in [0.3, 0.4) is 0 Å². The molecular weight excluding hydrogens is 144 g/mol. The van der Waals surface area contributed by atoms with Crippen molar-refractivity contribution in [3.8, 4) is 0 Å². The normalized spacial score (nSPS) is 19.1. The van der Waals surface area contributed by atoms with Crippen LogP contribution in [-0.2, 0) is 0 Å². The van der Waals surface area contributed by atoms with E-state index >= 15 is 0 Å². The molecule has 0 atom stereocenters. The van der Waals surface area contributed by atoms with Crippen molar-refractivity contribution in [2.24, 2.45) is 5.10 Å². The lowest BCUT2D eigenvalue weighted by Gasteiger charge is -2.35. The average Bonchev–Trinajstić information content (AvgIpc) is 2.31. The van der Waals surface area contributed by atoms with Crippen molar-refractivity contribution in [2.45, 2.75) is 26.3 Å². The molecule has 1 heterocycles. The van der Waals surface area contributed by atoms with Gasteiger partial charge in [-0.3, -0.25) is 0 Å². The van der Waals surface area contributed by atoms with Crippen molar-refractivity contribution in [3.63, 3.8) is 0 Å². The number of rotatable bonds is 1. The maximum atomic E-state index is 8.85. The number of aliphatic hydroxyl groups excluding tert-OH is 1. The van der Waals surface area contributed by atoms with Crippen LogP contribution in [0.15, 0.2) is 5.10 Å². The first-order valence-electron chi connectivity index (χ1n) is 3.52. The van der Waals surface area contributed by atoms with Crippen LogP contribution in [-0.4, -0.2) is 33.8 Å². The average molecular weight is 158 g/mol. The highest BCUT2D eigenvalue weighted by Crippen LogP contribution is 2.14. The number of nitrogens with zero attached hydrogens (tertiary/aromatic N) is 3. The van der Waals surface area contributed by atoms with Crippen LogP contribution in [0.4, 0.5) is 0 Å². The fraction of sp³-hybridized carbons (Fsp3) is 0.833. The molecule has 0 bridgehead atoms. The van der Waals surface area contributed by atoms with Crippen molar-refractivity contribution >= 4 is 6.34 Å². The summed E-state index contributed by atoms with van der Waals surface area (Å²) < 4.78 is 0. The van der Waals surface area contributed by atoms with Gasteiger partial charge in [0.25, 0.3) is 0 Å². The molecule has 0 unspecified atom stereocenters. The van der Waals surface area contributed by atoms with Gasteiger partial charge in [-0.15, -0.1) is 5.12 Å². The number of hydrogen-bond donors (Lipinski definition) is 2. The second kappa shape index (κ2) is 2.67. The Balaban J connectivity index is 2.61. The van der Waals surface area contributed by atoms with Crippen LogP contribution in [0.25, 0.3) is 0 Å².